The molecule has 4 nitrogen and oxygen atoms in total. The van der Waals surface area contributed by atoms with Crippen molar-refractivity contribution in [2.75, 3.05) is 6.61 Å². The molecule has 0 aromatic heterocycles. The molecule has 2 aromatic rings. The normalized spacial score (nSPS) is 9.26. The molecule has 4 heteroatoms. The number of nitro benzene ring substituents is 1. The first-order chi connectivity index (χ1) is 9.27. The minimum Gasteiger partial charge on any atom is -0.474 e. The summed E-state index contributed by atoms with van der Waals surface area (Å²) in [6.45, 7) is 0.111. The van der Waals surface area contributed by atoms with Gasteiger partial charge in [-0.15, -0.1) is 0 Å². The summed E-state index contributed by atoms with van der Waals surface area (Å²) in [6, 6.07) is 15.7. The molecule has 19 heavy (non-hydrogen) atoms. The Morgan fingerprint density at radius 1 is 1.05 bits per heavy atom. The van der Waals surface area contributed by atoms with Crippen LogP contribution in [-0.2, 0) is 0 Å². The molecule has 0 fully saturated rings. The largest absolute Gasteiger partial charge is 0.474 e. The van der Waals surface area contributed by atoms with Gasteiger partial charge in [0.05, 0.1) is 4.92 Å². The van der Waals surface area contributed by atoms with E-state index in [1.807, 2.05) is 30.3 Å². The van der Waals surface area contributed by atoms with E-state index >= 15 is 0 Å². The van der Waals surface area contributed by atoms with Gasteiger partial charge in [0.15, 0.2) is 5.75 Å². The van der Waals surface area contributed by atoms with Crippen molar-refractivity contribution in [1.82, 2.24) is 0 Å². The van der Waals surface area contributed by atoms with E-state index in [0.717, 1.165) is 5.56 Å². The van der Waals surface area contributed by atoms with Crippen molar-refractivity contribution in [2.45, 2.75) is 0 Å². The lowest BCUT2D eigenvalue weighted by molar-refractivity contribution is -0.385. The summed E-state index contributed by atoms with van der Waals surface area (Å²) in [5.41, 5.74) is 0.831. The maximum atomic E-state index is 10.8. The number of rotatable bonds is 3. The predicted molar refractivity (Wildman–Crippen MR) is 71.9 cm³/mol. The fraction of sp³-hybridized carbons (Fsp3) is 0.0667. The van der Waals surface area contributed by atoms with Gasteiger partial charge in [-0.25, -0.2) is 0 Å². The van der Waals surface area contributed by atoms with Gasteiger partial charge in [0, 0.05) is 11.6 Å². The van der Waals surface area contributed by atoms with E-state index in [1.54, 1.807) is 18.2 Å². The molecule has 0 spiro atoms. The summed E-state index contributed by atoms with van der Waals surface area (Å²) in [5, 5.41) is 10.8. The average molecular weight is 253 g/mol. The Kier molecular flexibility index (Phi) is 4.14. The highest BCUT2D eigenvalue weighted by Crippen LogP contribution is 2.25. The van der Waals surface area contributed by atoms with E-state index in [-0.39, 0.29) is 18.0 Å². The van der Waals surface area contributed by atoms with E-state index in [9.17, 15) is 10.1 Å². The Bertz CT molecular complexity index is 627. The Morgan fingerprint density at radius 2 is 1.74 bits per heavy atom. The molecule has 0 radical (unpaired) electrons. The van der Waals surface area contributed by atoms with Gasteiger partial charge in [-0.1, -0.05) is 42.2 Å². The third-order valence-electron chi connectivity index (χ3n) is 2.37. The Labute approximate surface area is 110 Å². The van der Waals surface area contributed by atoms with Gasteiger partial charge in [0.2, 0.25) is 0 Å². The van der Waals surface area contributed by atoms with Crippen molar-refractivity contribution in [3.05, 3.63) is 70.3 Å². The Morgan fingerprint density at radius 3 is 2.47 bits per heavy atom. The lowest BCUT2D eigenvalue weighted by atomic mass is 10.2. The minimum absolute atomic E-state index is 0.0518. The maximum absolute atomic E-state index is 10.8. The van der Waals surface area contributed by atoms with Crippen LogP contribution in [0.3, 0.4) is 0 Å². The number of ether oxygens (including phenoxy) is 1. The molecular formula is C15H11NO3. The average Bonchev–Trinajstić information content (AvgIpc) is 2.45. The first-order valence-electron chi connectivity index (χ1n) is 5.67. The Balaban J connectivity index is 2.01. The van der Waals surface area contributed by atoms with Crippen LogP contribution in [0.4, 0.5) is 5.69 Å². The molecule has 0 saturated carbocycles. The number of para-hydroxylation sites is 2. The zero-order valence-electron chi connectivity index (χ0n) is 10.1. The molecule has 2 aromatic carbocycles. The number of hydrogen-bond donors (Lipinski definition) is 0. The van der Waals surface area contributed by atoms with E-state index in [0.29, 0.717) is 0 Å². The molecule has 0 atom stereocenters. The van der Waals surface area contributed by atoms with Crippen LogP contribution < -0.4 is 4.74 Å². The van der Waals surface area contributed by atoms with E-state index < -0.39 is 4.92 Å². The van der Waals surface area contributed by atoms with E-state index in [2.05, 4.69) is 11.8 Å². The van der Waals surface area contributed by atoms with Gasteiger partial charge < -0.3 is 4.74 Å². The number of hydrogen-bond acceptors (Lipinski definition) is 3. The highest BCUT2D eigenvalue weighted by Gasteiger charge is 2.12. The smallest absolute Gasteiger partial charge is 0.310 e. The SMILES string of the molecule is O=[N+]([O-])c1ccccc1OCC#Cc1ccccc1. The third-order valence-corrected chi connectivity index (χ3v) is 2.37. The first kappa shape index (κ1) is 12.7. The van der Waals surface area contributed by atoms with Gasteiger partial charge >= 0.3 is 5.69 Å². The summed E-state index contributed by atoms with van der Waals surface area (Å²) >= 11 is 0. The van der Waals surface area contributed by atoms with Gasteiger partial charge in [-0.2, -0.15) is 0 Å². The molecular weight excluding hydrogens is 242 g/mol. The minimum atomic E-state index is -0.472. The molecule has 2 rings (SSSR count). The van der Waals surface area contributed by atoms with Crippen LogP contribution >= 0.6 is 0 Å². The molecule has 0 heterocycles. The van der Waals surface area contributed by atoms with Crippen LogP contribution in [0.25, 0.3) is 0 Å². The van der Waals surface area contributed by atoms with Crippen molar-refractivity contribution in [2.24, 2.45) is 0 Å². The molecule has 0 aliphatic rings. The monoisotopic (exact) mass is 253 g/mol. The van der Waals surface area contributed by atoms with Gasteiger partial charge in [-0.05, 0) is 18.2 Å². The summed E-state index contributed by atoms with van der Waals surface area (Å²) in [7, 11) is 0. The maximum Gasteiger partial charge on any atom is 0.310 e. The number of nitro groups is 1. The predicted octanol–water partition coefficient (Wildman–Crippen LogP) is 3.03. The van der Waals surface area contributed by atoms with Gasteiger partial charge in [0.1, 0.15) is 6.61 Å². The van der Waals surface area contributed by atoms with Crippen molar-refractivity contribution in [1.29, 1.82) is 0 Å². The zero-order chi connectivity index (χ0) is 13.5. The second-order valence-electron chi connectivity index (χ2n) is 3.68. The van der Waals surface area contributed by atoms with Crippen LogP contribution in [0.15, 0.2) is 54.6 Å². The molecule has 0 saturated heterocycles. The molecule has 0 bridgehead atoms. The summed E-state index contributed by atoms with van der Waals surface area (Å²) in [6.07, 6.45) is 0. The third kappa shape index (κ3) is 3.58. The van der Waals surface area contributed by atoms with Crippen LogP contribution in [-0.4, -0.2) is 11.5 Å². The topological polar surface area (TPSA) is 52.4 Å². The highest BCUT2D eigenvalue weighted by atomic mass is 16.6. The molecule has 0 aliphatic heterocycles. The summed E-state index contributed by atoms with van der Waals surface area (Å²) < 4.78 is 5.30. The lowest BCUT2D eigenvalue weighted by Crippen LogP contribution is -1.98. The zero-order valence-corrected chi connectivity index (χ0v) is 10.1. The van der Waals surface area contributed by atoms with Gasteiger partial charge in [-0.3, -0.25) is 10.1 Å². The van der Waals surface area contributed by atoms with Crippen LogP contribution in [0.5, 0.6) is 5.75 Å². The van der Waals surface area contributed by atoms with Gasteiger partial charge in [0.25, 0.3) is 0 Å². The van der Waals surface area contributed by atoms with Crippen LogP contribution in [0.1, 0.15) is 5.56 Å². The quantitative estimate of drug-likeness (QED) is 0.480. The number of benzene rings is 2. The molecule has 0 N–H and O–H groups in total. The second-order valence-corrected chi connectivity index (χ2v) is 3.68. The molecule has 0 unspecified atom stereocenters. The summed E-state index contributed by atoms with van der Waals surface area (Å²) in [5.74, 6) is 5.97. The fourth-order valence-corrected chi connectivity index (χ4v) is 1.50. The summed E-state index contributed by atoms with van der Waals surface area (Å²) in [4.78, 5) is 10.3. The molecule has 0 amide bonds. The second kappa shape index (κ2) is 6.22. The Hall–Kier alpha value is -2.80. The molecule has 0 aliphatic carbocycles. The van der Waals surface area contributed by atoms with Crippen molar-refractivity contribution in [3.63, 3.8) is 0 Å². The first-order valence-corrected chi connectivity index (χ1v) is 5.67. The molecule has 94 valence electrons. The van der Waals surface area contributed by atoms with Crippen LogP contribution in [0.2, 0.25) is 0 Å². The van der Waals surface area contributed by atoms with Crippen molar-refractivity contribution < 1.29 is 9.66 Å². The van der Waals surface area contributed by atoms with Crippen LogP contribution in [0, 0.1) is 22.0 Å². The van der Waals surface area contributed by atoms with E-state index in [4.69, 9.17) is 4.74 Å². The number of nitrogens with zero attached hydrogens (tertiary/aromatic N) is 1. The highest BCUT2D eigenvalue weighted by molar-refractivity contribution is 5.46. The standard InChI is InChI=1S/C15H11NO3/c17-16(18)14-10-4-5-11-15(14)19-12-6-9-13-7-2-1-3-8-13/h1-5,7-8,10-11H,12H2. The van der Waals surface area contributed by atoms with Crippen molar-refractivity contribution in [3.8, 4) is 17.6 Å². The fourth-order valence-electron chi connectivity index (χ4n) is 1.50. The lowest BCUT2D eigenvalue weighted by Gasteiger charge is -2.01. The van der Waals surface area contributed by atoms with E-state index in [1.165, 1.54) is 6.07 Å². The van der Waals surface area contributed by atoms with Crippen molar-refractivity contribution >= 4 is 5.69 Å².